The molecule has 0 aliphatic rings. The van der Waals surface area contributed by atoms with E-state index < -0.39 is 0 Å². The van der Waals surface area contributed by atoms with Crippen LogP contribution in [0, 0.1) is 0 Å². The monoisotopic (exact) mass is 472 g/mol. The van der Waals surface area contributed by atoms with Gasteiger partial charge in [-0.15, -0.1) is 0 Å². The van der Waals surface area contributed by atoms with Gasteiger partial charge in [0.15, 0.2) is 0 Å². The van der Waals surface area contributed by atoms with E-state index in [1.165, 1.54) is 0 Å². The number of ether oxygens (including phenoxy) is 1. The van der Waals surface area contributed by atoms with Crippen LogP contribution in [0.4, 0.5) is 0 Å². The van der Waals surface area contributed by atoms with Crippen molar-refractivity contribution in [2.24, 2.45) is 0 Å². The van der Waals surface area contributed by atoms with Crippen LogP contribution in [-0.2, 0) is 13.1 Å². The molecule has 4 heteroatoms. The molecular formula is C32H28N2O2. The summed E-state index contributed by atoms with van der Waals surface area (Å²) in [6.45, 7) is 3.62. The maximum Gasteiger partial charge on any atom is 0.255 e. The largest absolute Gasteiger partial charge is 0.494 e. The van der Waals surface area contributed by atoms with Gasteiger partial charge >= 0.3 is 0 Å². The Morgan fingerprint density at radius 3 is 1.94 bits per heavy atom. The number of benzene rings is 4. The van der Waals surface area contributed by atoms with Crippen LogP contribution >= 0.6 is 0 Å². The first-order valence-corrected chi connectivity index (χ1v) is 12.2. The van der Waals surface area contributed by atoms with Crippen LogP contribution in [0.2, 0.25) is 0 Å². The molecule has 0 saturated carbocycles. The zero-order valence-corrected chi connectivity index (χ0v) is 20.3. The Bertz CT molecular complexity index is 1410. The van der Waals surface area contributed by atoms with Crippen molar-refractivity contribution in [1.82, 2.24) is 9.88 Å². The average molecular weight is 473 g/mol. The molecule has 178 valence electrons. The molecule has 0 atom stereocenters. The Morgan fingerprint density at radius 1 is 0.750 bits per heavy atom. The lowest BCUT2D eigenvalue weighted by molar-refractivity contribution is 0.0732. The first-order valence-electron chi connectivity index (χ1n) is 12.2. The lowest BCUT2D eigenvalue weighted by Crippen LogP contribution is -2.30. The lowest BCUT2D eigenvalue weighted by Gasteiger charge is -2.24. The summed E-state index contributed by atoms with van der Waals surface area (Å²) in [7, 11) is 0. The van der Waals surface area contributed by atoms with Crippen molar-refractivity contribution in [2.45, 2.75) is 20.0 Å². The maximum absolute atomic E-state index is 14.2. The van der Waals surface area contributed by atoms with Crippen molar-refractivity contribution in [3.8, 4) is 17.0 Å². The SMILES string of the molecule is CCOc1ccc(-c2cc(C(=O)N(Cc3ccccc3)Cc3ccccc3)c3ccccc3n2)cc1. The number of carbonyl (C=O) groups is 1. The van der Waals surface area contributed by atoms with Gasteiger partial charge in [-0.3, -0.25) is 4.79 Å². The third kappa shape index (κ3) is 5.28. The second kappa shape index (κ2) is 10.9. The molecule has 36 heavy (non-hydrogen) atoms. The zero-order chi connectivity index (χ0) is 24.7. The van der Waals surface area contributed by atoms with Crippen LogP contribution in [0.15, 0.2) is 115 Å². The molecule has 1 heterocycles. The van der Waals surface area contributed by atoms with Crippen molar-refractivity contribution in [2.75, 3.05) is 6.61 Å². The number of hydrogen-bond donors (Lipinski definition) is 0. The van der Waals surface area contributed by atoms with Crippen LogP contribution in [-0.4, -0.2) is 22.4 Å². The number of carbonyl (C=O) groups excluding carboxylic acids is 1. The number of rotatable bonds is 8. The minimum Gasteiger partial charge on any atom is -0.494 e. The molecule has 0 aliphatic carbocycles. The minimum absolute atomic E-state index is 0.0199. The van der Waals surface area contributed by atoms with Crippen molar-refractivity contribution < 1.29 is 9.53 Å². The van der Waals surface area contributed by atoms with E-state index in [4.69, 9.17) is 9.72 Å². The normalized spacial score (nSPS) is 10.8. The molecule has 1 aromatic heterocycles. The number of para-hydroxylation sites is 1. The van der Waals surface area contributed by atoms with E-state index in [2.05, 4.69) is 24.3 Å². The highest BCUT2D eigenvalue weighted by atomic mass is 16.5. The predicted molar refractivity (Wildman–Crippen MR) is 145 cm³/mol. The highest BCUT2D eigenvalue weighted by Crippen LogP contribution is 2.28. The summed E-state index contributed by atoms with van der Waals surface area (Å²) in [6.07, 6.45) is 0. The Kier molecular flexibility index (Phi) is 7.04. The number of pyridine rings is 1. The van der Waals surface area contributed by atoms with Gasteiger partial charge in [0, 0.05) is 24.0 Å². The second-order valence-corrected chi connectivity index (χ2v) is 8.66. The quantitative estimate of drug-likeness (QED) is 0.241. The fraction of sp³-hybridized carbons (Fsp3) is 0.125. The van der Waals surface area contributed by atoms with Gasteiger partial charge in [0.2, 0.25) is 0 Å². The number of aromatic nitrogens is 1. The lowest BCUT2D eigenvalue weighted by atomic mass is 10.0. The predicted octanol–water partition coefficient (Wildman–Crippen LogP) is 7.14. The van der Waals surface area contributed by atoms with E-state index >= 15 is 0 Å². The summed E-state index contributed by atoms with van der Waals surface area (Å²) in [4.78, 5) is 21.0. The molecule has 1 amide bonds. The number of hydrogen-bond acceptors (Lipinski definition) is 3. The molecule has 4 aromatic carbocycles. The van der Waals surface area contributed by atoms with Crippen molar-refractivity contribution >= 4 is 16.8 Å². The van der Waals surface area contributed by atoms with Crippen molar-refractivity contribution in [1.29, 1.82) is 0 Å². The minimum atomic E-state index is -0.0199. The highest BCUT2D eigenvalue weighted by Gasteiger charge is 2.21. The second-order valence-electron chi connectivity index (χ2n) is 8.66. The van der Waals surface area contributed by atoms with E-state index in [9.17, 15) is 4.79 Å². The molecule has 0 saturated heterocycles. The number of fused-ring (bicyclic) bond motifs is 1. The molecule has 0 radical (unpaired) electrons. The molecule has 0 N–H and O–H groups in total. The van der Waals surface area contributed by atoms with E-state index in [0.29, 0.717) is 25.3 Å². The van der Waals surface area contributed by atoms with Crippen LogP contribution in [0.5, 0.6) is 5.75 Å². The Hall–Kier alpha value is -4.44. The fourth-order valence-corrected chi connectivity index (χ4v) is 4.37. The van der Waals surface area contributed by atoms with E-state index in [1.807, 2.05) is 103 Å². The summed E-state index contributed by atoms with van der Waals surface area (Å²) < 4.78 is 5.59. The first kappa shape index (κ1) is 23.3. The molecule has 0 bridgehead atoms. The van der Waals surface area contributed by atoms with Crippen LogP contribution in [0.25, 0.3) is 22.2 Å². The third-order valence-corrected chi connectivity index (χ3v) is 6.13. The van der Waals surface area contributed by atoms with Gasteiger partial charge in [0.05, 0.1) is 23.4 Å². The van der Waals surface area contributed by atoms with Crippen molar-refractivity contribution in [3.63, 3.8) is 0 Å². The molecule has 0 spiro atoms. The molecule has 4 nitrogen and oxygen atoms in total. The standard InChI is InChI=1S/C32H28N2O2/c1-2-36-27-19-17-26(18-20-27)31-21-29(28-15-9-10-16-30(28)33-31)32(35)34(22-24-11-5-3-6-12-24)23-25-13-7-4-8-14-25/h3-21H,2,22-23H2,1H3. The summed E-state index contributed by atoms with van der Waals surface area (Å²) in [5, 5.41) is 0.850. The number of amides is 1. The van der Waals surface area contributed by atoms with Gasteiger partial charge in [-0.2, -0.15) is 0 Å². The summed E-state index contributed by atoms with van der Waals surface area (Å²) in [6, 6.07) is 37.9. The Labute approximate surface area is 211 Å². The van der Waals surface area contributed by atoms with Crippen LogP contribution < -0.4 is 4.74 Å². The first-order chi connectivity index (χ1) is 17.7. The van der Waals surface area contributed by atoms with Crippen molar-refractivity contribution in [3.05, 3.63) is 132 Å². The maximum atomic E-state index is 14.2. The van der Waals surface area contributed by atoms with E-state index in [-0.39, 0.29) is 5.91 Å². The molecule has 5 rings (SSSR count). The molecule has 0 fully saturated rings. The Balaban J connectivity index is 1.57. The summed E-state index contributed by atoms with van der Waals surface area (Å²) >= 11 is 0. The van der Waals surface area contributed by atoms with Gasteiger partial charge in [-0.05, 0) is 54.4 Å². The topological polar surface area (TPSA) is 42.4 Å². The van der Waals surface area contributed by atoms with E-state index in [1.54, 1.807) is 0 Å². The molecule has 5 aromatic rings. The fourth-order valence-electron chi connectivity index (χ4n) is 4.37. The molecule has 0 aliphatic heterocycles. The number of nitrogens with zero attached hydrogens (tertiary/aromatic N) is 2. The zero-order valence-electron chi connectivity index (χ0n) is 20.3. The van der Waals surface area contributed by atoms with E-state index in [0.717, 1.165) is 39.0 Å². The molecule has 0 unspecified atom stereocenters. The Morgan fingerprint density at radius 2 is 1.33 bits per heavy atom. The van der Waals surface area contributed by atoms with Crippen LogP contribution in [0.1, 0.15) is 28.4 Å². The summed E-state index contributed by atoms with van der Waals surface area (Å²) in [5.74, 6) is 0.795. The smallest absolute Gasteiger partial charge is 0.255 e. The van der Waals surface area contributed by atoms with Gasteiger partial charge in [0.1, 0.15) is 5.75 Å². The van der Waals surface area contributed by atoms with Crippen LogP contribution in [0.3, 0.4) is 0 Å². The summed E-state index contributed by atoms with van der Waals surface area (Å²) in [5.41, 5.74) is 5.33. The highest BCUT2D eigenvalue weighted by molar-refractivity contribution is 6.07. The van der Waals surface area contributed by atoms with Gasteiger partial charge in [-0.25, -0.2) is 4.98 Å². The van der Waals surface area contributed by atoms with Gasteiger partial charge < -0.3 is 9.64 Å². The third-order valence-electron chi connectivity index (χ3n) is 6.13. The molecular weight excluding hydrogens is 444 g/mol. The van der Waals surface area contributed by atoms with Gasteiger partial charge in [-0.1, -0.05) is 78.9 Å². The average Bonchev–Trinajstić information content (AvgIpc) is 2.93. The van der Waals surface area contributed by atoms with Gasteiger partial charge in [0.25, 0.3) is 5.91 Å².